The van der Waals surface area contributed by atoms with Crippen LogP contribution in [0.4, 0.5) is 0 Å². The van der Waals surface area contributed by atoms with Crippen molar-refractivity contribution >= 4 is 5.97 Å². The summed E-state index contributed by atoms with van der Waals surface area (Å²) in [7, 11) is 0. The fourth-order valence-electron chi connectivity index (χ4n) is 1.51. The number of carbonyl (C=O) groups is 1. The molecule has 0 fully saturated rings. The van der Waals surface area contributed by atoms with Gasteiger partial charge in [-0.2, -0.15) is 0 Å². The summed E-state index contributed by atoms with van der Waals surface area (Å²) in [5, 5.41) is 0. The molecule has 2 heteroatoms. The molecule has 0 saturated carbocycles. The summed E-state index contributed by atoms with van der Waals surface area (Å²) in [4.78, 5) is 11.9. The summed E-state index contributed by atoms with van der Waals surface area (Å²) in [6, 6.07) is 0. The summed E-state index contributed by atoms with van der Waals surface area (Å²) in [5.41, 5.74) is -0.723. The molecule has 0 heterocycles. The van der Waals surface area contributed by atoms with Gasteiger partial charge in [-0.15, -0.1) is 0 Å². The number of hydrogen-bond acceptors (Lipinski definition) is 2. The van der Waals surface area contributed by atoms with Gasteiger partial charge in [-0.25, -0.2) is 0 Å². The highest BCUT2D eigenvalue weighted by Crippen LogP contribution is 2.27. The van der Waals surface area contributed by atoms with Crippen molar-refractivity contribution in [2.24, 2.45) is 5.41 Å². The van der Waals surface area contributed by atoms with Crippen molar-refractivity contribution in [3.05, 3.63) is 0 Å². The van der Waals surface area contributed by atoms with Crippen molar-refractivity contribution in [3.63, 3.8) is 0 Å². The van der Waals surface area contributed by atoms with Crippen LogP contribution in [0, 0.1) is 5.41 Å². The average Bonchev–Trinajstić information content (AvgIpc) is 2.09. The number of carbonyl (C=O) groups excluding carboxylic acids is 1. The number of rotatable bonds is 6. The van der Waals surface area contributed by atoms with Crippen LogP contribution in [0.2, 0.25) is 0 Å². The monoisotopic (exact) mass is 228 g/mol. The Labute approximate surface area is 101 Å². The lowest BCUT2D eigenvalue weighted by Crippen LogP contribution is -2.33. The Kier molecular flexibility index (Phi) is 6.06. The molecule has 0 radical (unpaired) electrons. The average molecular weight is 228 g/mol. The quantitative estimate of drug-likeness (QED) is 0.500. The second kappa shape index (κ2) is 6.27. The summed E-state index contributed by atoms with van der Waals surface area (Å²) >= 11 is 0. The lowest BCUT2D eigenvalue weighted by atomic mass is 9.86. The predicted octanol–water partition coefficient (Wildman–Crippen LogP) is 4.32. The van der Waals surface area contributed by atoms with Crippen LogP contribution in [0.25, 0.3) is 0 Å². The summed E-state index contributed by atoms with van der Waals surface area (Å²) < 4.78 is 5.42. The molecule has 0 aromatic heterocycles. The largest absolute Gasteiger partial charge is 0.460 e. The molecule has 0 aromatic rings. The molecule has 0 unspecified atom stereocenters. The third kappa shape index (κ3) is 6.86. The first-order valence-electron chi connectivity index (χ1n) is 6.42. The van der Waals surface area contributed by atoms with E-state index in [9.17, 15) is 4.79 Å². The van der Waals surface area contributed by atoms with E-state index in [1.54, 1.807) is 0 Å². The second-order valence-corrected chi connectivity index (χ2v) is 6.20. The Balaban J connectivity index is 4.06. The molecule has 16 heavy (non-hydrogen) atoms. The van der Waals surface area contributed by atoms with Crippen LogP contribution in [-0.2, 0) is 9.53 Å². The van der Waals surface area contributed by atoms with Gasteiger partial charge in [-0.05, 0) is 41.0 Å². The Hall–Kier alpha value is -0.530. The molecule has 0 amide bonds. The summed E-state index contributed by atoms with van der Waals surface area (Å²) in [6.45, 7) is 11.9. The van der Waals surface area contributed by atoms with Crippen LogP contribution in [-0.4, -0.2) is 11.6 Å². The van der Waals surface area contributed by atoms with Gasteiger partial charge in [0.15, 0.2) is 0 Å². The molecule has 0 aromatic carbocycles. The molecule has 0 atom stereocenters. The van der Waals surface area contributed by atoms with Gasteiger partial charge in [-0.1, -0.05) is 32.6 Å². The van der Waals surface area contributed by atoms with E-state index >= 15 is 0 Å². The molecule has 0 aliphatic rings. The van der Waals surface area contributed by atoms with Crippen LogP contribution in [0.15, 0.2) is 0 Å². The van der Waals surface area contributed by atoms with E-state index in [4.69, 9.17) is 4.74 Å². The molecular formula is C14H28O2. The summed E-state index contributed by atoms with van der Waals surface area (Å²) in [5.74, 6) is -0.0727. The Bertz CT molecular complexity index is 211. The predicted molar refractivity (Wildman–Crippen MR) is 68.4 cm³/mol. The standard InChI is InChI=1S/C14H28O2/c1-7-8-9-10-11-14(5,6)12(15)16-13(2,3)4/h7-11H2,1-6H3. The fourth-order valence-corrected chi connectivity index (χ4v) is 1.51. The van der Waals surface area contributed by atoms with Gasteiger partial charge >= 0.3 is 5.97 Å². The van der Waals surface area contributed by atoms with E-state index in [0.29, 0.717) is 0 Å². The SMILES string of the molecule is CCCCCCC(C)(C)C(=O)OC(C)(C)C. The molecule has 0 bridgehead atoms. The van der Waals surface area contributed by atoms with Gasteiger partial charge in [0.25, 0.3) is 0 Å². The first-order chi connectivity index (χ1) is 7.19. The lowest BCUT2D eigenvalue weighted by Gasteiger charge is -2.28. The highest BCUT2D eigenvalue weighted by Gasteiger charge is 2.31. The van der Waals surface area contributed by atoms with Crippen LogP contribution in [0.5, 0.6) is 0 Å². The van der Waals surface area contributed by atoms with Crippen molar-refractivity contribution in [1.29, 1.82) is 0 Å². The molecule has 0 rings (SSSR count). The third-order valence-electron chi connectivity index (χ3n) is 2.61. The smallest absolute Gasteiger partial charge is 0.312 e. The maximum atomic E-state index is 11.9. The lowest BCUT2D eigenvalue weighted by molar-refractivity contribution is -0.166. The number of unbranched alkanes of at least 4 members (excludes halogenated alkanes) is 3. The second-order valence-electron chi connectivity index (χ2n) is 6.20. The highest BCUT2D eigenvalue weighted by atomic mass is 16.6. The van der Waals surface area contributed by atoms with Crippen molar-refractivity contribution in [3.8, 4) is 0 Å². The topological polar surface area (TPSA) is 26.3 Å². The van der Waals surface area contributed by atoms with Crippen molar-refractivity contribution in [2.75, 3.05) is 0 Å². The minimum Gasteiger partial charge on any atom is -0.460 e. The Morgan fingerprint density at radius 3 is 2.00 bits per heavy atom. The normalized spacial score (nSPS) is 12.6. The number of ether oxygens (including phenoxy) is 1. The molecule has 2 nitrogen and oxygen atoms in total. The van der Waals surface area contributed by atoms with E-state index in [1.807, 2.05) is 34.6 Å². The van der Waals surface area contributed by atoms with Gasteiger partial charge in [-0.3, -0.25) is 4.79 Å². The zero-order chi connectivity index (χ0) is 12.8. The van der Waals surface area contributed by atoms with Gasteiger partial charge in [0.2, 0.25) is 0 Å². The van der Waals surface area contributed by atoms with E-state index in [1.165, 1.54) is 19.3 Å². The Morgan fingerprint density at radius 2 is 1.56 bits per heavy atom. The molecular weight excluding hydrogens is 200 g/mol. The maximum absolute atomic E-state index is 11.9. The van der Waals surface area contributed by atoms with E-state index < -0.39 is 0 Å². The van der Waals surface area contributed by atoms with Crippen molar-refractivity contribution in [1.82, 2.24) is 0 Å². The number of hydrogen-bond donors (Lipinski definition) is 0. The van der Waals surface area contributed by atoms with E-state index in [0.717, 1.165) is 12.8 Å². The molecule has 0 N–H and O–H groups in total. The van der Waals surface area contributed by atoms with Gasteiger partial charge < -0.3 is 4.74 Å². The zero-order valence-corrected chi connectivity index (χ0v) is 11.9. The van der Waals surface area contributed by atoms with Gasteiger partial charge in [0.05, 0.1) is 5.41 Å². The third-order valence-corrected chi connectivity index (χ3v) is 2.61. The highest BCUT2D eigenvalue weighted by molar-refractivity contribution is 5.76. The molecule has 0 aliphatic carbocycles. The maximum Gasteiger partial charge on any atom is 0.312 e. The molecule has 0 spiro atoms. The van der Waals surface area contributed by atoms with Crippen molar-refractivity contribution < 1.29 is 9.53 Å². The Morgan fingerprint density at radius 1 is 1.00 bits per heavy atom. The van der Waals surface area contributed by atoms with Crippen LogP contribution in [0.3, 0.4) is 0 Å². The first-order valence-corrected chi connectivity index (χ1v) is 6.42. The fraction of sp³-hybridized carbons (Fsp3) is 0.929. The van der Waals surface area contributed by atoms with Crippen LogP contribution >= 0.6 is 0 Å². The van der Waals surface area contributed by atoms with Crippen molar-refractivity contribution in [2.45, 2.75) is 79.2 Å². The molecule has 0 saturated heterocycles. The van der Waals surface area contributed by atoms with Crippen LogP contribution in [0.1, 0.15) is 73.6 Å². The summed E-state index contributed by atoms with van der Waals surface area (Å²) in [6.07, 6.45) is 5.72. The van der Waals surface area contributed by atoms with Gasteiger partial charge in [0.1, 0.15) is 5.60 Å². The van der Waals surface area contributed by atoms with E-state index in [-0.39, 0.29) is 17.0 Å². The van der Waals surface area contributed by atoms with E-state index in [2.05, 4.69) is 6.92 Å². The van der Waals surface area contributed by atoms with Crippen LogP contribution < -0.4 is 0 Å². The number of esters is 1. The first kappa shape index (κ1) is 15.5. The molecule has 0 aliphatic heterocycles. The minimum atomic E-state index is -0.377. The molecule has 96 valence electrons. The van der Waals surface area contributed by atoms with Gasteiger partial charge in [0, 0.05) is 0 Å². The minimum absolute atomic E-state index is 0.0727. The zero-order valence-electron chi connectivity index (χ0n) is 11.9.